The molecule has 0 aliphatic rings. The Morgan fingerprint density at radius 3 is 2.50 bits per heavy atom. The van der Waals surface area contributed by atoms with E-state index in [9.17, 15) is 0 Å². The predicted octanol–water partition coefficient (Wildman–Crippen LogP) is 0.991. The average Bonchev–Trinajstić information content (AvgIpc) is 1.61. The van der Waals surface area contributed by atoms with E-state index < -0.39 is 0 Å². The molecule has 0 aliphatic carbocycles. The monoisotopic (exact) mass is 151 g/mol. The van der Waals surface area contributed by atoms with E-state index in [0.717, 1.165) is 11.9 Å². The molecule has 0 aromatic carbocycles. The first-order chi connectivity index (χ1) is 2.91. The number of hydrogen-bond donors (Lipinski definition) is 1. The first kappa shape index (κ1) is 6.44. The van der Waals surface area contributed by atoms with E-state index in [2.05, 4.69) is 21.2 Å². The van der Waals surface area contributed by atoms with Crippen LogP contribution >= 0.6 is 15.9 Å². The van der Waals surface area contributed by atoms with E-state index in [4.69, 9.17) is 0 Å². The van der Waals surface area contributed by atoms with Crippen molar-refractivity contribution in [3.05, 3.63) is 0 Å². The smallest absolute Gasteiger partial charge is 0.00433 e. The number of alkyl halides is 1. The second-order valence-corrected chi connectivity index (χ2v) is 1.94. The maximum atomic E-state index is 3.31. The first-order valence-electron chi connectivity index (χ1n) is 2.12. The van der Waals surface area contributed by atoms with E-state index in [-0.39, 0.29) is 0 Å². The Morgan fingerprint density at radius 1 is 1.67 bits per heavy atom. The molecular formula is C4H10BrN. The van der Waals surface area contributed by atoms with Crippen LogP contribution in [0.4, 0.5) is 0 Å². The van der Waals surface area contributed by atoms with E-state index in [0.29, 0.717) is 0 Å². The standard InChI is InChI=1S/C4H10BrN/c1-6-4-2-3-5/h6H,2-4H2,1H3. The molecule has 0 aromatic rings. The van der Waals surface area contributed by atoms with Crippen LogP contribution < -0.4 is 5.32 Å². The third-order valence-electron chi connectivity index (χ3n) is 0.560. The van der Waals surface area contributed by atoms with Crippen LogP contribution in [0.25, 0.3) is 0 Å². The van der Waals surface area contributed by atoms with Crippen molar-refractivity contribution in [2.75, 3.05) is 18.9 Å². The Kier molecular flexibility index (Phi) is 5.84. The summed E-state index contributed by atoms with van der Waals surface area (Å²) in [7, 11) is 1.96. The Bertz CT molecular complexity index is 19.5. The highest BCUT2D eigenvalue weighted by Gasteiger charge is 1.74. The largest absolute Gasteiger partial charge is 0.320 e. The maximum Gasteiger partial charge on any atom is 0.00433 e. The molecule has 2 heteroatoms. The zero-order valence-electron chi connectivity index (χ0n) is 4.00. The van der Waals surface area contributed by atoms with Crippen LogP contribution in [0.5, 0.6) is 0 Å². The molecule has 0 saturated heterocycles. The molecule has 0 rings (SSSR count). The minimum atomic E-state index is 1.10. The normalized spacial score (nSPS) is 9.00. The predicted molar refractivity (Wildman–Crippen MR) is 32.3 cm³/mol. The number of hydrogen-bond acceptors (Lipinski definition) is 1. The van der Waals surface area contributed by atoms with Crippen molar-refractivity contribution in [3.63, 3.8) is 0 Å². The highest BCUT2D eigenvalue weighted by Crippen LogP contribution is 1.82. The molecular weight excluding hydrogens is 142 g/mol. The number of halogens is 1. The number of rotatable bonds is 3. The lowest BCUT2D eigenvalue weighted by molar-refractivity contribution is 0.780. The molecule has 6 heavy (non-hydrogen) atoms. The molecule has 0 radical (unpaired) electrons. The molecule has 0 heterocycles. The van der Waals surface area contributed by atoms with E-state index in [1.807, 2.05) is 7.05 Å². The SMILES string of the molecule is CNCCCBr. The lowest BCUT2D eigenvalue weighted by atomic mass is 10.5. The topological polar surface area (TPSA) is 12.0 Å². The summed E-state index contributed by atoms with van der Waals surface area (Å²) in [4.78, 5) is 0. The molecule has 0 bridgehead atoms. The van der Waals surface area contributed by atoms with Gasteiger partial charge in [-0.25, -0.2) is 0 Å². The molecule has 0 fully saturated rings. The van der Waals surface area contributed by atoms with Gasteiger partial charge in [0, 0.05) is 5.33 Å². The molecule has 0 amide bonds. The van der Waals surface area contributed by atoms with Gasteiger partial charge < -0.3 is 5.32 Å². The molecule has 1 nitrogen and oxygen atoms in total. The van der Waals surface area contributed by atoms with Crippen molar-refractivity contribution in [1.82, 2.24) is 5.32 Å². The lowest BCUT2D eigenvalue weighted by Gasteiger charge is -1.88. The van der Waals surface area contributed by atoms with Crippen LogP contribution in [-0.2, 0) is 0 Å². The minimum Gasteiger partial charge on any atom is -0.320 e. The third-order valence-corrected chi connectivity index (χ3v) is 1.12. The van der Waals surface area contributed by atoms with Gasteiger partial charge in [0.05, 0.1) is 0 Å². The van der Waals surface area contributed by atoms with Gasteiger partial charge in [-0.1, -0.05) is 15.9 Å². The summed E-state index contributed by atoms with van der Waals surface area (Å²) < 4.78 is 0. The van der Waals surface area contributed by atoms with Gasteiger partial charge in [-0.3, -0.25) is 0 Å². The molecule has 0 spiro atoms. The third kappa shape index (κ3) is 4.44. The first-order valence-corrected chi connectivity index (χ1v) is 3.24. The maximum absolute atomic E-state index is 3.31. The van der Waals surface area contributed by atoms with Gasteiger partial charge in [-0.2, -0.15) is 0 Å². The summed E-state index contributed by atoms with van der Waals surface area (Å²) >= 11 is 3.31. The van der Waals surface area contributed by atoms with Gasteiger partial charge in [0.1, 0.15) is 0 Å². The molecule has 0 saturated carbocycles. The summed E-state index contributed by atoms with van der Waals surface area (Å²) in [5.74, 6) is 0. The van der Waals surface area contributed by atoms with Crippen molar-refractivity contribution < 1.29 is 0 Å². The van der Waals surface area contributed by atoms with Crippen LogP contribution in [0.1, 0.15) is 6.42 Å². The Morgan fingerprint density at radius 2 is 2.33 bits per heavy atom. The zero-order valence-corrected chi connectivity index (χ0v) is 5.59. The molecule has 1 N–H and O–H groups in total. The van der Waals surface area contributed by atoms with Gasteiger partial charge >= 0.3 is 0 Å². The molecule has 38 valence electrons. The van der Waals surface area contributed by atoms with Crippen LogP contribution in [0, 0.1) is 0 Å². The van der Waals surface area contributed by atoms with E-state index in [1.54, 1.807) is 0 Å². The van der Waals surface area contributed by atoms with Crippen molar-refractivity contribution in [2.45, 2.75) is 6.42 Å². The highest BCUT2D eigenvalue weighted by molar-refractivity contribution is 9.09. The van der Waals surface area contributed by atoms with E-state index in [1.165, 1.54) is 6.42 Å². The van der Waals surface area contributed by atoms with Gasteiger partial charge in [0.25, 0.3) is 0 Å². The fraction of sp³-hybridized carbons (Fsp3) is 1.00. The summed E-state index contributed by atoms with van der Waals surface area (Å²) in [5.41, 5.74) is 0. The molecule has 0 aliphatic heterocycles. The van der Waals surface area contributed by atoms with Crippen molar-refractivity contribution in [1.29, 1.82) is 0 Å². The average molecular weight is 152 g/mol. The van der Waals surface area contributed by atoms with Crippen molar-refractivity contribution in [3.8, 4) is 0 Å². The van der Waals surface area contributed by atoms with E-state index >= 15 is 0 Å². The number of nitrogens with one attached hydrogen (secondary N) is 1. The van der Waals surface area contributed by atoms with Gasteiger partial charge in [0.15, 0.2) is 0 Å². The van der Waals surface area contributed by atoms with Gasteiger partial charge in [-0.05, 0) is 20.0 Å². The Balaban J connectivity index is 2.34. The van der Waals surface area contributed by atoms with Crippen LogP contribution in [-0.4, -0.2) is 18.9 Å². The zero-order chi connectivity index (χ0) is 4.83. The van der Waals surface area contributed by atoms with Gasteiger partial charge in [0.2, 0.25) is 0 Å². The van der Waals surface area contributed by atoms with Crippen LogP contribution in [0.2, 0.25) is 0 Å². The fourth-order valence-corrected chi connectivity index (χ4v) is 0.524. The van der Waals surface area contributed by atoms with Gasteiger partial charge in [-0.15, -0.1) is 0 Å². The minimum absolute atomic E-state index is 1.10. The Hall–Kier alpha value is 0.440. The highest BCUT2D eigenvalue weighted by atomic mass is 79.9. The van der Waals surface area contributed by atoms with Crippen LogP contribution in [0.15, 0.2) is 0 Å². The second kappa shape index (κ2) is 5.44. The summed E-state index contributed by atoms with van der Waals surface area (Å²) in [6.07, 6.45) is 1.22. The Labute approximate surface area is 47.3 Å². The van der Waals surface area contributed by atoms with Crippen molar-refractivity contribution >= 4 is 15.9 Å². The molecule has 0 atom stereocenters. The summed E-state index contributed by atoms with van der Waals surface area (Å²) in [6.45, 7) is 1.12. The molecule has 0 aromatic heterocycles. The second-order valence-electron chi connectivity index (χ2n) is 1.15. The lowest BCUT2D eigenvalue weighted by Crippen LogP contribution is -2.07. The molecule has 0 unspecified atom stereocenters. The summed E-state index contributed by atoms with van der Waals surface area (Å²) in [5, 5.41) is 4.14. The summed E-state index contributed by atoms with van der Waals surface area (Å²) in [6, 6.07) is 0. The van der Waals surface area contributed by atoms with Crippen molar-refractivity contribution in [2.24, 2.45) is 0 Å². The fourth-order valence-electron chi connectivity index (χ4n) is 0.244. The van der Waals surface area contributed by atoms with Crippen LogP contribution in [0.3, 0.4) is 0 Å². The quantitative estimate of drug-likeness (QED) is 0.469.